The average Bonchev–Trinajstić information content (AvgIpc) is 2.81. The molecule has 2 rings (SSSR count). The lowest BCUT2D eigenvalue weighted by Crippen LogP contribution is -2.23. The van der Waals surface area contributed by atoms with Gasteiger partial charge in [-0.05, 0) is 0 Å². The molecule has 64 valence electrons. The summed E-state index contributed by atoms with van der Waals surface area (Å²) in [5.41, 5.74) is -0.282. The van der Waals surface area contributed by atoms with Crippen LogP contribution in [-0.2, 0) is 11.3 Å². The number of rotatable bonds is 2. The summed E-state index contributed by atoms with van der Waals surface area (Å²) in [6.07, 6.45) is 3.08. The fraction of sp³-hybridized carbons (Fsp3) is 0.429. The Hall–Kier alpha value is -0.870. The van der Waals surface area contributed by atoms with Crippen LogP contribution in [0.5, 0.6) is 0 Å². The molecule has 0 bridgehead atoms. The summed E-state index contributed by atoms with van der Waals surface area (Å²) >= 11 is 5.66. The normalized spacial score (nSPS) is 20.9. The number of nitrogens with zero attached hydrogens (tertiary/aromatic N) is 2. The molecule has 2 heterocycles. The van der Waals surface area contributed by atoms with Crippen molar-refractivity contribution in [3.8, 4) is 0 Å². The Morgan fingerprint density at radius 1 is 1.83 bits per heavy atom. The van der Waals surface area contributed by atoms with Gasteiger partial charge in [-0.3, -0.25) is 4.57 Å². The minimum atomic E-state index is -0.282. The van der Waals surface area contributed by atoms with Crippen LogP contribution < -0.4 is 5.69 Å². The second kappa shape index (κ2) is 2.88. The van der Waals surface area contributed by atoms with Gasteiger partial charge in [-0.15, -0.1) is 0 Å². The highest BCUT2D eigenvalue weighted by molar-refractivity contribution is 6.30. The van der Waals surface area contributed by atoms with E-state index in [9.17, 15) is 4.79 Å². The van der Waals surface area contributed by atoms with Crippen molar-refractivity contribution in [3.63, 3.8) is 0 Å². The fourth-order valence-corrected chi connectivity index (χ4v) is 1.12. The summed E-state index contributed by atoms with van der Waals surface area (Å²) in [6.45, 7) is 1.27. The van der Waals surface area contributed by atoms with Crippen molar-refractivity contribution in [1.82, 2.24) is 9.55 Å². The number of ether oxygens (including phenoxy) is 1. The van der Waals surface area contributed by atoms with Crippen molar-refractivity contribution in [3.05, 3.63) is 27.9 Å². The molecular weight excluding hydrogens is 180 g/mol. The third-order valence-corrected chi connectivity index (χ3v) is 1.82. The van der Waals surface area contributed by atoms with E-state index in [1.165, 1.54) is 10.8 Å². The molecule has 0 aromatic carbocycles. The number of hydrogen-bond donors (Lipinski definition) is 0. The largest absolute Gasteiger partial charge is 0.371 e. The van der Waals surface area contributed by atoms with Gasteiger partial charge in [0, 0.05) is 6.20 Å². The Balaban J connectivity index is 2.27. The standard InChI is InChI=1S/C7H7ClN2O2/c8-5-1-9-7(11)10(2-5)3-6-4-12-6/h1-2,6H,3-4H2. The van der Waals surface area contributed by atoms with Crippen LogP contribution in [0.25, 0.3) is 0 Å². The smallest absolute Gasteiger partial charge is 0.347 e. The van der Waals surface area contributed by atoms with Gasteiger partial charge in [0.2, 0.25) is 0 Å². The molecule has 1 aliphatic heterocycles. The predicted molar refractivity (Wildman–Crippen MR) is 43.2 cm³/mol. The van der Waals surface area contributed by atoms with Crippen molar-refractivity contribution >= 4 is 11.6 Å². The highest BCUT2D eigenvalue weighted by Crippen LogP contribution is 2.11. The first-order valence-electron chi connectivity index (χ1n) is 3.59. The molecule has 1 saturated heterocycles. The predicted octanol–water partition coefficient (Wildman–Crippen LogP) is 0.295. The van der Waals surface area contributed by atoms with Crippen LogP contribution in [0.15, 0.2) is 17.2 Å². The minimum Gasteiger partial charge on any atom is -0.371 e. The Kier molecular flexibility index (Phi) is 1.86. The molecule has 4 nitrogen and oxygen atoms in total. The fourth-order valence-electron chi connectivity index (χ4n) is 0.952. The summed E-state index contributed by atoms with van der Waals surface area (Å²) in [4.78, 5) is 14.7. The summed E-state index contributed by atoms with van der Waals surface area (Å²) in [7, 11) is 0. The molecule has 0 N–H and O–H groups in total. The lowest BCUT2D eigenvalue weighted by atomic mass is 10.4. The summed E-state index contributed by atoms with van der Waals surface area (Å²) in [5, 5.41) is 0.468. The van der Waals surface area contributed by atoms with Gasteiger partial charge >= 0.3 is 5.69 Å². The highest BCUT2D eigenvalue weighted by atomic mass is 35.5. The van der Waals surface area contributed by atoms with Gasteiger partial charge < -0.3 is 4.74 Å². The van der Waals surface area contributed by atoms with Crippen molar-refractivity contribution < 1.29 is 4.74 Å². The Morgan fingerprint density at radius 2 is 2.58 bits per heavy atom. The molecule has 0 spiro atoms. The van der Waals surface area contributed by atoms with Crippen LogP contribution in [0.2, 0.25) is 5.02 Å². The van der Waals surface area contributed by atoms with E-state index >= 15 is 0 Å². The summed E-state index contributed by atoms with van der Waals surface area (Å²) in [5.74, 6) is 0. The molecule has 1 unspecified atom stereocenters. The van der Waals surface area contributed by atoms with Crippen LogP contribution in [0.3, 0.4) is 0 Å². The number of aromatic nitrogens is 2. The molecule has 12 heavy (non-hydrogen) atoms. The van der Waals surface area contributed by atoms with E-state index in [0.717, 1.165) is 6.61 Å². The lowest BCUT2D eigenvalue weighted by Gasteiger charge is -2.00. The maximum atomic E-state index is 11.1. The van der Waals surface area contributed by atoms with Gasteiger partial charge in [-0.2, -0.15) is 0 Å². The monoisotopic (exact) mass is 186 g/mol. The summed E-state index contributed by atoms with van der Waals surface area (Å²) in [6, 6.07) is 0. The van der Waals surface area contributed by atoms with Crippen LogP contribution in [-0.4, -0.2) is 22.3 Å². The van der Waals surface area contributed by atoms with E-state index in [1.54, 1.807) is 6.20 Å². The zero-order chi connectivity index (χ0) is 8.55. The minimum absolute atomic E-state index is 0.169. The zero-order valence-electron chi connectivity index (χ0n) is 6.24. The maximum Gasteiger partial charge on any atom is 0.347 e. The first-order chi connectivity index (χ1) is 5.75. The second-order valence-electron chi connectivity index (χ2n) is 2.66. The quantitative estimate of drug-likeness (QED) is 0.624. The lowest BCUT2D eigenvalue weighted by molar-refractivity contribution is 0.379. The third kappa shape index (κ3) is 1.65. The molecule has 1 fully saturated rings. The first-order valence-corrected chi connectivity index (χ1v) is 3.97. The first kappa shape index (κ1) is 7.76. The van der Waals surface area contributed by atoms with Crippen molar-refractivity contribution in [2.45, 2.75) is 12.6 Å². The van der Waals surface area contributed by atoms with E-state index in [2.05, 4.69) is 4.98 Å². The van der Waals surface area contributed by atoms with Crippen molar-refractivity contribution in [2.75, 3.05) is 6.61 Å². The highest BCUT2D eigenvalue weighted by Gasteiger charge is 2.23. The molecule has 1 aromatic rings. The molecule has 0 saturated carbocycles. The van der Waals surface area contributed by atoms with Gasteiger partial charge in [-0.25, -0.2) is 9.78 Å². The van der Waals surface area contributed by atoms with Crippen LogP contribution >= 0.6 is 11.6 Å². The molecule has 1 aliphatic rings. The van der Waals surface area contributed by atoms with Crippen molar-refractivity contribution in [2.24, 2.45) is 0 Å². The van der Waals surface area contributed by atoms with E-state index in [4.69, 9.17) is 16.3 Å². The van der Waals surface area contributed by atoms with Crippen LogP contribution in [0, 0.1) is 0 Å². The van der Waals surface area contributed by atoms with Crippen molar-refractivity contribution in [1.29, 1.82) is 0 Å². The second-order valence-corrected chi connectivity index (χ2v) is 3.10. The molecule has 0 amide bonds. The molecular formula is C7H7ClN2O2. The zero-order valence-corrected chi connectivity index (χ0v) is 6.99. The maximum absolute atomic E-state index is 11.1. The Bertz CT molecular complexity index is 346. The molecule has 0 aliphatic carbocycles. The van der Waals surface area contributed by atoms with E-state index in [-0.39, 0.29) is 11.8 Å². The topological polar surface area (TPSA) is 47.4 Å². The van der Waals surface area contributed by atoms with E-state index < -0.39 is 0 Å². The Morgan fingerprint density at radius 3 is 3.25 bits per heavy atom. The number of epoxide rings is 1. The van der Waals surface area contributed by atoms with Gasteiger partial charge in [-0.1, -0.05) is 11.6 Å². The van der Waals surface area contributed by atoms with Crippen LogP contribution in [0.1, 0.15) is 0 Å². The number of hydrogen-bond acceptors (Lipinski definition) is 3. The van der Waals surface area contributed by atoms with E-state index in [0.29, 0.717) is 11.6 Å². The van der Waals surface area contributed by atoms with E-state index in [1.807, 2.05) is 0 Å². The van der Waals surface area contributed by atoms with Gasteiger partial charge in [0.25, 0.3) is 0 Å². The average molecular weight is 187 g/mol. The van der Waals surface area contributed by atoms with Gasteiger partial charge in [0.1, 0.15) is 0 Å². The third-order valence-electron chi connectivity index (χ3n) is 1.63. The molecule has 5 heteroatoms. The molecule has 0 radical (unpaired) electrons. The van der Waals surface area contributed by atoms with Crippen LogP contribution in [0.4, 0.5) is 0 Å². The Labute approximate surface area is 73.7 Å². The molecule has 1 atom stereocenters. The number of halogens is 1. The van der Waals surface area contributed by atoms with Gasteiger partial charge in [0.05, 0.1) is 30.5 Å². The molecule has 1 aromatic heterocycles. The SMILES string of the molecule is O=c1ncc(Cl)cn1CC1CO1. The van der Waals surface area contributed by atoms with Gasteiger partial charge in [0.15, 0.2) is 0 Å². The summed E-state index contributed by atoms with van der Waals surface area (Å²) < 4.78 is 6.44.